The van der Waals surface area contributed by atoms with Crippen LogP contribution in [0.5, 0.6) is 5.75 Å². The Labute approximate surface area is 218 Å². The maximum Gasteiger partial charge on any atom is 0.254 e. The van der Waals surface area contributed by atoms with Crippen LogP contribution in [0.15, 0.2) is 78.0 Å². The molecule has 2 N–H and O–H groups in total. The van der Waals surface area contributed by atoms with Gasteiger partial charge in [-0.25, -0.2) is 4.39 Å². The van der Waals surface area contributed by atoms with Crippen LogP contribution in [-0.2, 0) is 11.3 Å². The van der Waals surface area contributed by atoms with Crippen LogP contribution in [0, 0.1) is 12.7 Å². The number of aryl methyl sites for hydroxylation is 1. The number of carbonyl (C=O) groups is 2. The standard InChI is InChI=1S/C27H26FN5O3S/c1-3-36-21-13-11-19(12-14-21)30-25(34)17-37-27-32-31-24(33(27)20-8-6-7-18(2)15-20)16-29-26(35)22-9-4-5-10-23(22)28/h4-15H,3,16-17H2,1-2H3,(H,29,35)(H,30,34). The van der Waals surface area contributed by atoms with E-state index in [2.05, 4.69) is 20.8 Å². The number of nitrogens with one attached hydrogen (secondary N) is 2. The molecule has 0 saturated heterocycles. The van der Waals surface area contributed by atoms with Crippen LogP contribution in [0.3, 0.4) is 0 Å². The summed E-state index contributed by atoms with van der Waals surface area (Å²) in [5.41, 5.74) is 2.42. The molecule has 0 radical (unpaired) electrons. The van der Waals surface area contributed by atoms with Gasteiger partial charge in [0.2, 0.25) is 5.91 Å². The number of carbonyl (C=O) groups excluding carboxylic acids is 2. The van der Waals surface area contributed by atoms with E-state index in [1.54, 1.807) is 34.9 Å². The number of nitrogens with zero attached hydrogens (tertiary/aromatic N) is 3. The molecule has 0 saturated carbocycles. The smallest absolute Gasteiger partial charge is 0.254 e. The van der Waals surface area contributed by atoms with Gasteiger partial charge in [-0.3, -0.25) is 14.2 Å². The van der Waals surface area contributed by atoms with Crippen molar-refractivity contribution in [1.82, 2.24) is 20.1 Å². The molecular weight excluding hydrogens is 493 g/mol. The van der Waals surface area contributed by atoms with Gasteiger partial charge < -0.3 is 15.4 Å². The number of thioether (sulfide) groups is 1. The Kier molecular flexibility index (Phi) is 8.52. The first-order chi connectivity index (χ1) is 17.9. The molecule has 0 bridgehead atoms. The highest BCUT2D eigenvalue weighted by atomic mass is 32.2. The van der Waals surface area contributed by atoms with Gasteiger partial charge in [0.15, 0.2) is 11.0 Å². The van der Waals surface area contributed by atoms with Crippen molar-refractivity contribution in [3.63, 3.8) is 0 Å². The van der Waals surface area contributed by atoms with Crippen LogP contribution >= 0.6 is 11.8 Å². The molecule has 3 aromatic carbocycles. The Morgan fingerprint density at radius 3 is 2.54 bits per heavy atom. The minimum absolute atomic E-state index is 0.0209. The van der Waals surface area contributed by atoms with Gasteiger partial charge in [0.1, 0.15) is 11.6 Å². The number of rotatable bonds is 10. The van der Waals surface area contributed by atoms with Gasteiger partial charge in [0.05, 0.1) is 24.5 Å². The summed E-state index contributed by atoms with van der Waals surface area (Å²) in [4.78, 5) is 25.1. The zero-order valence-corrected chi connectivity index (χ0v) is 21.2. The van der Waals surface area contributed by atoms with E-state index in [4.69, 9.17) is 4.74 Å². The predicted molar refractivity (Wildman–Crippen MR) is 141 cm³/mol. The lowest BCUT2D eigenvalue weighted by atomic mass is 10.2. The third-order valence-electron chi connectivity index (χ3n) is 5.27. The summed E-state index contributed by atoms with van der Waals surface area (Å²) in [6.45, 7) is 4.46. The van der Waals surface area contributed by atoms with Gasteiger partial charge in [-0.05, 0) is 67.9 Å². The quantitative estimate of drug-likeness (QED) is 0.293. The van der Waals surface area contributed by atoms with Crippen LogP contribution in [0.25, 0.3) is 5.69 Å². The monoisotopic (exact) mass is 519 g/mol. The molecule has 0 spiro atoms. The molecule has 4 rings (SSSR count). The second kappa shape index (κ2) is 12.2. The summed E-state index contributed by atoms with van der Waals surface area (Å²) in [5.74, 6) is -0.0859. The molecule has 2 amide bonds. The van der Waals surface area contributed by atoms with E-state index in [1.807, 2.05) is 38.1 Å². The number of anilines is 1. The Hall–Kier alpha value is -4.18. The topological polar surface area (TPSA) is 98.1 Å². The van der Waals surface area contributed by atoms with E-state index in [9.17, 15) is 14.0 Å². The third-order valence-corrected chi connectivity index (χ3v) is 6.20. The molecule has 0 aliphatic rings. The number of halogens is 1. The van der Waals surface area contributed by atoms with Crippen LogP contribution in [-0.4, -0.2) is 38.9 Å². The van der Waals surface area contributed by atoms with E-state index >= 15 is 0 Å². The fourth-order valence-corrected chi connectivity index (χ4v) is 4.33. The number of amides is 2. The lowest BCUT2D eigenvalue weighted by molar-refractivity contribution is -0.113. The molecule has 4 aromatic rings. The highest BCUT2D eigenvalue weighted by Crippen LogP contribution is 2.24. The van der Waals surface area contributed by atoms with Crippen molar-refractivity contribution >= 4 is 29.3 Å². The van der Waals surface area contributed by atoms with Crippen molar-refractivity contribution < 1.29 is 18.7 Å². The van der Waals surface area contributed by atoms with E-state index < -0.39 is 11.7 Å². The summed E-state index contributed by atoms with van der Waals surface area (Å²) in [5, 5.41) is 14.5. The fraction of sp³-hybridized carbons (Fsp3) is 0.185. The summed E-state index contributed by atoms with van der Waals surface area (Å²) in [6, 6.07) is 20.6. The van der Waals surface area contributed by atoms with E-state index in [-0.39, 0.29) is 23.8 Å². The zero-order chi connectivity index (χ0) is 26.2. The average molecular weight is 520 g/mol. The summed E-state index contributed by atoms with van der Waals surface area (Å²) in [7, 11) is 0. The first-order valence-electron chi connectivity index (χ1n) is 11.6. The molecule has 1 heterocycles. The minimum atomic E-state index is -0.602. The Morgan fingerprint density at radius 1 is 1.03 bits per heavy atom. The molecule has 0 fully saturated rings. The second-order valence-corrected chi connectivity index (χ2v) is 8.97. The molecule has 190 valence electrons. The average Bonchev–Trinajstić information content (AvgIpc) is 3.30. The van der Waals surface area contributed by atoms with Gasteiger partial charge >= 0.3 is 0 Å². The molecule has 1 aromatic heterocycles. The maximum atomic E-state index is 14.0. The first kappa shape index (κ1) is 25.9. The van der Waals surface area contributed by atoms with Crippen molar-refractivity contribution in [2.75, 3.05) is 17.7 Å². The Bertz CT molecular complexity index is 1390. The largest absolute Gasteiger partial charge is 0.494 e. The van der Waals surface area contributed by atoms with Crippen LogP contribution in [0.2, 0.25) is 0 Å². The molecule has 0 atom stereocenters. The molecule has 37 heavy (non-hydrogen) atoms. The van der Waals surface area contributed by atoms with Gasteiger partial charge in [-0.1, -0.05) is 36.0 Å². The highest BCUT2D eigenvalue weighted by Gasteiger charge is 2.18. The molecule has 8 nitrogen and oxygen atoms in total. The highest BCUT2D eigenvalue weighted by molar-refractivity contribution is 7.99. The van der Waals surface area contributed by atoms with Crippen molar-refractivity contribution in [3.8, 4) is 11.4 Å². The number of hydrogen-bond donors (Lipinski definition) is 2. The molecule has 0 unspecified atom stereocenters. The third kappa shape index (κ3) is 6.73. The van der Waals surface area contributed by atoms with Crippen molar-refractivity contribution in [3.05, 3.63) is 95.6 Å². The van der Waals surface area contributed by atoms with Gasteiger partial charge in [0.25, 0.3) is 5.91 Å². The number of hydrogen-bond acceptors (Lipinski definition) is 6. The predicted octanol–water partition coefficient (Wildman–Crippen LogP) is 4.77. The lowest BCUT2D eigenvalue weighted by Gasteiger charge is -2.12. The fourth-order valence-electron chi connectivity index (χ4n) is 3.56. The van der Waals surface area contributed by atoms with E-state index in [1.165, 1.54) is 30.0 Å². The van der Waals surface area contributed by atoms with E-state index in [0.717, 1.165) is 17.0 Å². The lowest BCUT2D eigenvalue weighted by Crippen LogP contribution is -2.25. The van der Waals surface area contributed by atoms with Crippen LogP contribution in [0.1, 0.15) is 28.7 Å². The molecular formula is C27H26FN5O3S. The van der Waals surface area contributed by atoms with Gasteiger partial charge in [-0.2, -0.15) is 0 Å². The summed E-state index contributed by atoms with van der Waals surface area (Å²) < 4.78 is 21.2. The molecule has 10 heteroatoms. The Morgan fingerprint density at radius 2 is 1.81 bits per heavy atom. The zero-order valence-electron chi connectivity index (χ0n) is 20.4. The summed E-state index contributed by atoms with van der Waals surface area (Å²) in [6.07, 6.45) is 0. The Balaban J connectivity index is 1.48. The minimum Gasteiger partial charge on any atom is -0.494 e. The number of benzene rings is 3. The maximum absolute atomic E-state index is 14.0. The van der Waals surface area contributed by atoms with Crippen LogP contribution < -0.4 is 15.4 Å². The second-order valence-electron chi connectivity index (χ2n) is 8.03. The first-order valence-corrected chi connectivity index (χ1v) is 12.6. The van der Waals surface area contributed by atoms with Crippen molar-refractivity contribution in [2.45, 2.75) is 25.5 Å². The number of aromatic nitrogens is 3. The SMILES string of the molecule is CCOc1ccc(NC(=O)CSc2nnc(CNC(=O)c3ccccc3F)n2-c2cccc(C)c2)cc1. The van der Waals surface area contributed by atoms with Crippen molar-refractivity contribution in [2.24, 2.45) is 0 Å². The molecule has 0 aliphatic heterocycles. The van der Waals surface area contributed by atoms with Gasteiger partial charge in [-0.15, -0.1) is 10.2 Å². The molecule has 0 aliphatic carbocycles. The normalized spacial score (nSPS) is 10.7. The summed E-state index contributed by atoms with van der Waals surface area (Å²) >= 11 is 1.22. The van der Waals surface area contributed by atoms with E-state index in [0.29, 0.717) is 23.3 Å². The van der Waals surface area contributed by atoms with Gasteiger partial charge in [0, 0.05) is 11.4 Å². The van der Waals surface area contributed by atoms with Crippen LogP contribution in [0.4, 0.5) is 10.1 Å². The number of ether oxygens (including phenoxy) is 1. The van der Waals surface area contributed by atoms with Crippen molar-refractivity contribution in [1.29, 1.82) is 0 Å².